The van der Waals surface area contributed by atoms with E-state index in [9.17, 15) is 9.59 Å². The minimum Gasteiger partial charge on any atom is -0.345 e. The van der Waals surface area contributed by atoms with Gasteiger partial charge < -0.3 is 15.2 Å². The minimum atomic E-state index is -0.205. The van der Waals surface area contributed by atoms with Gasteiger partial charge in [0, 0.05) is 21.7 Å². The van der Waals surface area contributed by atoms with Crippen LogP contribution in [0.2, 0.25) is 5.02 Å². The van der Waals surface area contributed by atoms with Gasteiger partial charge in [0.2, 0.25) is 5.91 Å². The molecule has 2 amide bonds. The highest BCUT2D eigenvalue weighted by Gasteiger charge is 2.16. The first-order valence-corrected chi connectivity index (χ1v) is 11.7. The Morgan fingerprint density at radius 2 is 1.94 bits per heavy atom. The SMILES string of the molecule is CCn1c(CNC(=O)c2ccccc2Br)nnc1SCC(=O)Nc1cccc(Cl)c1C. The molecule has 31 heavy (non-hydrogen) atoms. The molecule has 162 valence electrons. The fraction of sp³-hybridized carbons (Fsp3) is 0.238. The maximum absolute atomic E-state index is 12.4. The van der Waals surface area contributed by atoms with E-state index < -0.39 is 0 Å². The van der Waals surface area contributed by atoms with Crippen molar-refractivity contribution in [2.45, 2.75) is 32.1 Å². The number of thioether (sulfide) groups is 1. The van der Waals surface area contributed by atoms with Crippen LogP contribution in [0.1, 0.15) is 28.7 Å². The van der Waals surface area contributed by atoms with E-state index in [1.807, 2.05) is 36.6 Å². The molecule has 2 N–H and O–H groups in total. The number of carbonyl (C=O) groups is 2. The van der Waals surface area contributed by atoms with Crippen molar-refractivity contribution in [1.29, 1.82) is 0 Å². The molecule has 3 aromatic rings. The number of anilines is 1. The number of amides is 2. The Hall–Kier alpha value is -2.36. The summed E-state index contributed by atoms with van der Waals surface area (Å²) in [5.74, 6) is 0.429. The molecule has 7 nitrogen and oxygen atoms in total. The molecule has 0 aliphatic heterocycles. The van der Waals surface area contributed by atoms with Gasteiger partial charge in [-0.05, 0) is 59.6 Å². The topological polar surface area (TPSA) is 88.9 Å². The molecule has 0 radical (unpaired) electrons. The second kappa shape index (κ2) is 10.8. The normalized spacial score (nSPS) is 10.7. The van der Waals surface area contributed by atoms with Crippen LogP contribution in [0.4, 0.5) is 5.69 Å². The van der Waals surface area contributed by atoms with E-state index in [1.165, 1.54) is 11.8 Å². The van der Waals surface area contributed by atoms with Gasteiger partial charge in [-0.3, -0.25) is 9.59 Å². The summed E-state index contributed by atoms with van der Waals surface area (Å²) in [6.45, 7) is 4.66. The molecule has 0 aliphatic rings. The maximum atomic E-state index is 12.4. The van der Waals surface area contributed by atoms with Gasteiger partial charge in [0.15, 0.2) is 11.0 Å². The maximum Gasteiger partial charge on any atom is 0.252 e. The molecule has 3 rings (SSSR count). The summed E-state index contributed by atoms with van der Waals surface area (Å²) in [5.41, 5.74) is 2.06. The number of nitrogens with one attached hydrogen (secondary N) is 2. The molecule has 0 spiro atoms. The van der Waals surface area contributed by atoms with E-state index in [1.54, 1.807) is 24.3 Å². The van der Waals surface area contributed by atoms with Crippen LogP contribution in [-0.2, 0) is 17.9 Å². The molecule has 0 aliphatic carbocycles. The third-order valence-electron chi connectivity index (χ3n) is 4.51. The van der Waals surface area contributed by atoms with E-state index in [2.05, 4.69) is 36.8 Å². The van der Waals surface area contributed by atoms with E-state index in [4.69, 9.17) is 11.6 Å². The van der Waals surface area contributed by atoms with Crippen molar-refractivity contribution < 1.29 is 9.59 Å². The quantitative estimate of drug-likeness (QED) is 0.419. The monoisotopic (exact) mass is 521 g/mol. The van der Waals surface area contributed by atoms with Gasteiger partial charge in [0.05, 0.1) is 17.9 Å². The van der Waals surface area contributed by atoms with Gasteiger partial charge in [-0.2, -0.15) is 0 Å². The average molecular weight is 523 g/mol. The number of rotatable bonds is 8. The molecule has 0 atom stereocenters. The minimum absolute atomic E-state index is 0.162. The molecule has 1 heterocycles. The van der Waals surface area contributed by atoms with Gasteiger partial charge in [0.1, 0.15) is 0 Å². The van der Waals surface area contributed by atoms with E-state index >= 15 is 0 Å². The fourth-order valence-corrected chi connectivity index (χ4v) is 4.29. The summed E-state index contributed by atoms with van der Waals surface area (Å²) < 4.78 is 2.60. The highest BCUT2D eigenvalue weighted by Crippen LogP contribution is 2.24. The van der Waals surface area contributed by atoms with Crippen LogP contribution >= 0.6 is 39.3 Å². The largest absolute Gasteiger partial charge is 0.345 e. The number of nitrogens with zero attached hydrogens (tertiary/aromatic N) is 3. The number of halogens is 2. The molecular weight excluding hydrogens is 502 g/mol. The third-order valence-corrected chi connectivity index (χ3v) is 6.58. The van der Waals surface area contributed by atoms with Gasteiger partial charge in [-0.15, -0.1) is 10.2 Å². The molecule has 0 unspecified atom stereocenters. The van der Waals surface area contributed by atoms with Crippen molar-refractivity contribution in [3.8, 4) is 0 Å². The summed E-state index contributed by atoms with van der Waals surface area (Å²) in [5, 5.41) is 15.3. The zero-order chi connectivity index (χ0) is 22.4. The zero-order valence-electron chi connectivity index (χ0n) is 17.0. The van der Waals surface area contributed by atoms with Gasteiger partial charge in [0.25, 0.3) is 5.91 Å². The lowest BCUT2D eigenvalue weighted by atomic mass is 10.2. The molecule has 0 saturated carbocycles. The van der Waals surface area contributed by atoms with E-state index in [0.717, 1.165) is 10.0 Å². The number of aromatic nitrogens is 3. The predicted octanol–water partition coefficient (Wildman–Crippen LogP) is 4.68. The number of hydrogen-bond donors (Lipinski definition) is 2. The Kier molecular flexibility index (Phi) is 8.11. The van der Waals surface area contributed by atoms with Gasteiger partial charge >= 0.3 is 0 Å². The summed E-state index contributed by atoms with van der Waals surface area (Å²) in [6, 6.07) is 12.6. The summed E-state index contributed by atoms with van der Waals surface area (Å²) in [7, 11) is 0. The standard InChI is InChI=1S/C21H21BrClN5O2S/c1-3-28-18(11-24-20(30)14-7-4-5-8-15(14)22)26-27-21(28)31-12-19(29)25-17-10-6-9-16(23)13(17)2/h4-10H,3,11-12H2,1-2H3,(H,24,30)(H,25,29). The summed E-state index contributed by atoms with van der Waals surface area (Å²) in [4.78, 5) is 24.8. The molecule has 0 saturated heterocycles. The Labute approximate surface area is 198 Å². The van der Waals surface area contributed by atoms with Crippen LogP contribution in [-0.4, -0.2) is 32.3 Å². The second-order valence-corrected chi connectivity index (χ2v) is 8.76. The molecule has 10 heteroatoms. The van der Waals surface area contributed by atoms with Crippen molar-refractivity contribution in [2.24, 2.45) is 0 Å². The Bertz CT molecular complexity index is 1110. The first-order valence-electron chi connectivity index (χ1n) is 9.53. The Morgan fingerprint density at radius 3 is 2.68 bits per heavy atom. The molecule has 2 aromatic carbocycles. The summed E-state index contributed by atoms with van der Waals surface area (Å²) in [6.07, 6.45) is 0. The predicted molar refractivity (Wildman–Crippen MR) is 127 cm³/mol. The number of hydrogen-bond acceptors (Lipinski definition) is 5. The second-order valence-electron chi connectivity index (χ2n) is 6.55. The van der Waals surface area contributed by atoms with Crippen molar-refractivity contribution in [2.75, 3.05) is 11.1 Å². The highest BCUT2D eigenvalue weighted by atomic mass is 79.9. The fourth-order valence-electron chi connectivity index (χ4n) is 2.83. The smallest absolute Gasteiger partial charge is 0.252 e. The van der Waals surface area contributed by atoms with Crippen LogP contribution in [0.15, 0.2) is 52.1 Å². The molecular formula is C21H21BrClN5O2S. The van der Waals surface area contributed by atoms with Gasteiger partial charge in [-0.25, -0.2) is 0 Å². The number of benzene rings is 2. The lowest BCUT2D eigenvalue weighted by molar-refractivity contribution is -0.113. The van der Waals surface area contributed by atoms with Crippen molar-refractivity contribution in [3.63, 3.8) is 0 Å². The van der Waals surface area contributed by atoms with Gasteiger partial charge in [-0.1, -0.05) is 41.6 Å². The molecule has 0 fully saturated rings. The lowest BCUT2D eigenvalue weighted by Gasteiger charge is -2.10. The third kappa shape index (κ3) is 5.87. The van der Waals surface area contributed by atoms with Crippen molar-refractivity contribution >= 4 is 56.8 Å². The van der Waals surface area contributed by atoms with Crippen LogP contribution in [0.25, 0.3) is 0 Å². The van der Waals surface area contributed by atoms with Crippen LogP contribution in [0.5, 0.6) is 0 Å². The van der Waals surface area contributed by atoms with Crippen molar-refractivity contribution in [3.05, 3.63) is 68.9 Å². The lowest BCUT2D eigenvalue weighted by Crippen LogP contribution is -2.25. The number of carbonyl (C=O) groups excluding carboxylic acids is 2. The zero-order valence-corrected chi connectivity index (χ0v) is 20.1. The highest BCUT2D eigenvalue weighted by molar-refractivity contribution is 9.10. The molecule has 1 aromatic heterocycles. The summed E-state index contributed by atoms with van der Waals surface area (Å²) >= 11 is 10.8. The van der Waals surface area contributed by atoms with Crippen LogP contribution in [0, 0.1) is 6.92 Å². The first kappa shape index (κ1) is 23.3. The Balaban J connectivity index is 1.59. The Morgan fingerprint density at radius 1 is 1.16 bits per heavy atom. The first-order chi connectivity index (χ1) is 14.9. The van der Waals surface area contributed by atoms with Crippen molar-refractivity contribution in [1.82, 2.24) is 20.1 Å². The van der Waals surface area contributed by atoms with Crippen LogP contribution in [0.3, 0.4) is 0 Å². The van der Waals surface area contributed by atoms with E-state index in [-0.39, 0.29) is 24.1 Å². The van der Waals surface area contributed by atoms with E-state index in [0.29, 0.717) is 33.8 Å². The van der Waals surface area contributed by atoms with Crippen LogP contribution < -0.4 is 10.6 Å². The average Bonchev–Trinajstić information content (AvgIpc) is 3.16. The molecule has 0 bridgehead atoms.